The van der Waals surface area contributed by atoms with Gasteiger partial charge in [0.2, 0.25) is 0 Å². The monoisotopic (exact) mass is 178 g/mol. The van der Waals surface area contributed by atoms with Crippen LogP contribution in [0.3, 0.4) is 0 Å². The molecule has 0 amide bonds. The third kappa shape index (κ3) is 2.69. The first-order valence-electron chi connectivity index (χ1n) is 4.48. The van der Waals surface area contributed by atoms with E-state index in [1.54, 1.807) is 0 Å². The summed E-state index contributed by atoms with van der Waals surface area (Å²) in [5.74, 6) is 0. The van der Waals surface area contributed by atoms with Crippen LogP contribution in [0.5, 0.6) is 0 Å². The summed E-state index contributed by atoms with van der Waals surface area (Å²) in [5.41, 5.74) is 0. The summed E-state index contributed by atoms with van der Waals surface area (Å²) < 4.78 is 0. The second-order valence-electron chi connectivity index (χ2n) is 3.37. The Hall–Kier alpha value is -1.10. The van der Waals surface area contributed by atoms with Crippen molar-refractivity contribution in [1.29, 1.82) is 10.5 Å². The maximum absolute atomic E-state index is 8.55. The summed E-state index contributed by atoms with van der Waals surface area (Å²) in [6.07, 6.45) is 0. The van der Waals surface area contributed by atoms with Gasteiger partial charge in [-0.1, -0.05) is 0 Å². The third-order valence-electron chi connectivity index (χ3n) is 2.42. The zero-order chi connectivity index (χ0) is 9.68. The van der Waals surface area contributed by atoms with Crippen molar-refractivity contribution >= 4 is 0 Å². The molecule has 0 spiro atoms. The Morgan fingerprint density at radius 3 is 2.46 bits per heavy atom. The van der Waals surface area contributed by atoms with E-state index in [-0.39, 0.29) is 0 Å². The predicted molar refractivity (Wildman–Crippen MR) is 48.7 cm³/mol. The molecule has 1 atom stereocenters. The quantitative estimate of drug-likeness (QED) is 0.560. The predicted octanol–water partition coefficient (Wildman–Crippen LogP) is 0.0397. The van der Waals surface area contributed by atoms with Crippen LogP contribution in [-0.4, -0.2) is 48.6 Å². The Balaban J connectivity index is 2.39. The normalized spacial score (nSPS) is 25.0. The Bertz CT molecular complexity index is 237. The minimum absolute atomic E-state index is 0.391. The molecule has 1 heterocycles. The molecule has 1 aliphatic rings. The van der Waals surface area contributed by atoms with Crippen LogP contribution in [0.2, 0.25) is 0 Å². The fourth-order valence-corrected chi connectivity index (χ4v) is 1.64. The van der Waals surface area contributed by atoms with Crippen molar-refractivity contribution in [2.75, 3.05) is 32.7 Å². The molecule has 0 aliphatic carbocycles. The second-order valence-corrected chi connectivity index (χ2v) is 3.37. The van der Waals surface area contributed by atoms with Gasteiger partial charge in [-0.2, -0.15) is 10.5 Å². The molecule has 0 N–H and O–H groups in total. The van der Waals surface area contributed by atoms with Gasteiger partial charge in [0.05, 0.1) is 25.2 Å². The number of piperazine rings is 1. The van der Waals surface area contributed by atoms with Crippen LogP contribution in [-0.2, 0) is 0 Å². The van der Waals surface area contributed by atoms with Crippen LogP contribution in [0.15, 0.2) is 0 Å². The lowest BCUT2D eigenvalue weighted by Gasteiger charge is -2.37. The smallest absolute Gasteiger partial charge is 0.0869 e. The van der Waals surface area contributed by atoms with Crippen LogP contribution in [0.1, 0.15) is 6.92 Å². The molecule has 13 heavy (non-hydrogen) atoms. The number of hydrogen-bond donors (Lipinski definition) is 0. The minimum Gasteiger partial charge on any atom is -0.288 e. The van der Waals surface area contributed by atoms with E-state index in [0.717, 1.165) is 19.6 Å². The molecule has 1 unspecified atom stereocenters. The molecule has 0 saturated carbocycles. The second kappa shape index (κ2) is 4.81. The molecule has 4 heteroatoms. The van der Waals surface area contributed by atoms with E-state index in [1.807, 2.05) is 0 Å². The van der Waals surface area contributed by atoms with E-state index < -0.39 is 0 Å². The molecule has 0 radical (unpaired) electrons. The van der Waals surface area contributed by atoms with Gasteiger partial charge < -0.3 is 0 Å². The van der Waals surface area contributed by atoms with Crippen molar-refractivity contribution in [2.24, 2.45) is 0 Å². The number of rotatable bonds is 2. The summed E-state index contributed by atoms with van der Waals surface area (Å²) in [5, 5.41) is 17.1. The van der Waals surface area contributed by atoms with Crippen molar-refractivity contribution < 1.29 is 0 Å². The van der Waals surface area contributed by atoms with Crippen LogP contribution in [0.4, 0.5) is 0 Å². The molecular weight excluding hydrogens is 164 g/mol. The first kappa shape index (κ1) is 9.98. The van der Waals surface area contributed by atoms with Crippen LogP contribution in [0.25, 0.3) is 0 Å². The highest BCUT2D eigenvalue weighted by Gasteiger charge is 2.22. The highest BCUT2D eigenvalue weighted by molar-refractivity contribution is 4.88. The van der Waals surface area contributed by atoms with Gasteiger partial charge in [0.15, 0.2) is 0 Å². The molecule has 0 aromatic rings. The van der Waals surface area contributed by atoms with Crippen LogP contribution < -0.4 is 0 Å². The third-order valence-corrected chi connectivity index (χ3v) is 2.42. The van der Waals surface area contributed by atoms with Crippen molar-refractivity contribution in [2.45, 2.75) is 13.0 Å². The van der Waals surface area contributed by atoms with Gasteiger partial charge in [-0.05, 0) is 6.92 Å². The lowest BCUT2D eigenvalue weighted by atomic mass is 10.2. The maximum Gasteiger partial charge on any atom is 0.0869 e. The Kier molecular flexibility index (Phi) is 3.70. The van der Waals surface area contributed by atoms with Gasteiger partial charge in [0, 0.05) is 25.7 Å². The zero-order valence-corrected chi connectivity index (χ0v) is 7.90. The van der Waals surface area contributed by atoms with Gasteiger partial charge in [0.25, 0.3) is 0 Å². The van der Waals surface area contributed by atoms with E-state index in [4.69, 9.17) is 10.5 Å². The van der Waals surface area contributed by atoms with Crippen molar-refractivity contribution in [3.63, 3.8) is 0 Å². The fourth-order valence-electron chi connectivity index (χ4n) is 1.64. The van der Waals surface area contributed by atoms with E-state index in [1.165, 1.54) is 0 Å². The highest BCUT2D eigenvalue weighted by Crippen LogP contribution is 2.07. The van der Waals surface area contributed by atoms with E-state index in [0.29, 0.717) is 19.1 Å². The largest absolute Gasteiger partial charge is 0.288 e. The first-order chi connectivity index (χ1) is 6.27. The maximum atomic E-state index is 8.55. The molecule has 0 bridgehead atoms. The van der Waals surface area contributed by atoms with Crippen molar-refractivity contribution in [3.05, 3.63) is 0 Å². The van der Waals surface area contributed by atoms with Gasteiger partial charge in [-0.3, -0.25) is 9.80 Å². The molecule has 1 rings (SSSR count). The molecule has 0 aromatic carbocycles. The molecule has 1 aliphatic heterocycles. The fraction of sp³-hybridized carbons (Fsp3) is 0.778. The summed E-state index contributed by atoms with van der Waals surface area (Å²) in [6.45, 7) is 5.80. The SMILES string of the molecule is CC1CN(CC#N)CCN1CC#N. The van der Waals surface area contributed by atoms with Gasteiger partial charge in [-0.25, -0.2) is 0 Å². The standard InChI is InChI=1S/C9H14N4/c1-9-8-12(4-2-10)6-7-13(9)5-3-11/h9H,4-8H2,1H3. The summed E-state index contributed by atoms with van der Waals surface area (Å²) in [7, 11) is 0. The van der Waals surface area contributed by atoms with Crippen LogP contribution >= 0.6 is 0 Å². The van der Waals surface area contributed by atoms with E-state index in [2.05, 4.69) is 28.9 Å². The average Bonchev–Trinajstić information content (AvgIpc) is 2.10. The van der Waals surface area contributed by atoms with Crippen LogP contribution in [0, 0.1) is 22.7 Å². The van der Waals surface area contributed by atoms with Crippen molar-refractivity contribution in [3.8, 4) is 12.1 Å². The Morgan fingerprint density at radius 2 is 1.92 bits per heavy atom. The molecule has 70 valence electrons. The number of nitriles is 2. The minimum atomic E-state index is 0.391. The summed E-state index contributed by atoms with van der Waals surface area (Å²) in [4.78, 5) is 4.27. The molecule has 0 aromatic heterocycles. The molecule has 1 saturated heterocycles. The van der Waals surface area contributed by atoms with E-state index >= 15 is 0 Å². The molecule has 1 fully saturated rings. The molecular formula is C9H14N4. The average molecular weight is 178 g/mol. The number of hydrogen-bond acceptors (Lipinski definition) is 4. The lowest BCUT2D eigenvalue weighted by molar-refractivity contribution is 0.104. The summed E-state index contributed by atoms with van der Waals surface area (Å²) >= 11 is 0. The summed E-state index contributed by atoms with van der Waals surface area (Å²) in [6, 6.07) is 4.69. The highest BCUT2D eigenvalue weighted by atomic mass is 15.3. The molecule has 4 nitrogen and oxygen atoms in total. The van der Waals surface area contributed by atoms with Gasteiger partial charge in [-0.15, -0.1) is 0 Å². The van der Waals surface area contributed by atoms with Gasteiger partial charge in [0.1, 0.15) is 0 Å². The van der Waals surface area contributed by atoms with E-state index in [9.17, 15) is 0 Å². The van der Waals surface area contributed by atoms with Gasteiger partial charge >= 0.3 is 0 Å². The zero-order valence-electron chi connectivity index (χ0n) is 7.90. The lowest BCUT2D eigenvalue weighted by Crippen LogP contribution is -2.51. The number of nitrogens with zero attached hydrogens (tertiary/aromatic N) is 4. The Morgan fingerprint density at radius 1 is 1.23 bits per heavy atom. The first-order valence-corrected chi connectivity index (χ1v) is 4.48. The Labute approximate surface area is 79.0 Å². The van der Waals surface area contributed by atoms with Crippen molar-refractivity contribution in [1.82, 2.24) is 9.80 Å². The topological polar surface area (TPSA) is 54.1 Å².